The average Bonchev–Trinajstić information content (AvgIpc) is 2.38. The second kappa shape index (κ2) is 6.85. The molecule has 106 valence electrons. The number of sulfonamides is 1. The van der Waals surface area contributed by atoms with E-state index in [9.17, 15) is 13.2 Å². The van der Waals surface area contributed by atoms with Crippen molar-refractivity contribution in [2.75, 3.05) is 20.3 Å². The molecule has 2 N–H and O–H groups in total. The van der Waals surface area contributed by atoms with Crippen molar-refractivity contribution in [2.24, 2.45) is 0 Å². The van der Waals surface area contributed by atoms with Gasteiger partial charge in [0.15, 0.2) is 0 Å². The zero-order valence-corrected chi connectivity index (χ0v) is 11.8. The van der Waals surface area contributed by atoms with E-state index in [1.165, 1.54) is 19.2 Å². The van der Waals surface area contributed by atoms with E-state index in [1.54, 1.807) is 0 Å². The molecule has 1 aromatic carbocycles. The second-order valence-electron chi connectivity index (χ2n) is 3.61. The van der Waals surface area contributed by atoms with Crippen molar-refractivity contribution in [1.29, 1.82) is 0 Å². The number of ether oxygens (including phenoxy) is 1. The van der Waals surface area contributed by atoms with E-state index in [2.05, 4.69) is 9.46 Å². The van der Waals surface area contributed by atoms with Gasteiger partial charge in [0.1, 0.15) is 4.90 Å². The Morgan fingerprint density at radius 2 is 2.16 bits per heavy atom. The normalized spacial score (nSPS) is 11.3. The molecule has 19 heavy (non-hydrogen) atoms. The van der Waals surface area contributed by atoms with Crippen LogP contribution in [0.2, 0.25) is 5.02 Å². The zero-order chi connectivity index (χ0) is 14.5. The molecule has 0 aliphatic heterocycles. The van der Waals surface area contributed by atoms with Crippen LogP contribution < -0.4 is 4.72 Å². The summed E-state index contributed by atoms with van der Waals surface area (Å²) in [6, 6.07) is 3.84. The van der Waals surface area contributed by atoms with Gasteiger partial charge in [-0.3, -0.25) is 0 Å². The predicted molar refractivity (Wildman–Crippen MR) is 69.7 cm³/mol. The fourth-order valence-corrected chi connectivity index (χ4v) is 2.92. The molecule has 8 heteroatoms. The van der Waals surface area contributed by atoms with Crippen molar-refractivity contribution in [1.82, 2.24) is 4.72 Å². The summed E-state index contributed by atoms with van der Waals surface area (Å²) < 4.78 is 30.7. The lowest BCUT2D eigenvalue weighted by atomic mass is 10.2. The molecule has 0 fully saturated rings. The molecular weight excluding hydrogens is 294 g/mol. The van der Waals surface area contributed by atoms with Crippen molar-refractivity contribution in [2.45, 2.75) is 11.3 Å². The lowest BCUT2D eigenvalue weighted by molar-refractivity contribution is 0.0600. The highest BCUT2D eigenvalue weighted by atomic mass is 35.5. The molecule has 0 unspecified atom stereocenters. The summed E-state index contributed by atoms with van der Waals surface area (Å²) in [5.74, 6) is -0.650. The Hall–Kier alpha value is -1.15. The van der Waals surface area contributed by atoms with E-state index >= 15 is 0 Å². The number of rotatable bonds is 6. The SMILES string of the molecule is COC(=O)c1ccc(Cl)c(S(=O)(=O)NCCCO)c1. The Bertz CT molecular complexity index is 558. The van der Waals surface area contributed by atoms with Crippen molar-refractivity contribution < 1.29 is 23.1 Å². The molecule has 0 atom stereocenters. The highest BCUT2D eigenvalue weighted by Gasteiger charge is 2.19. The highest BCUT2D eigenvalue weighted by Crippen LogP contribution is 2.22. The van der Waals surface area contributed by atoms with Crippen LogP contribution in [0, 0.1) is 0 Å². The third-order valence-corrected chi connectivity index (χ3v) is 4.21. The maximum absolute atomic E-state index is 12.0. The van der Waals surface area contributed by atoms with E-state index in [4.69, 9.17) is 16.7 Å². The Morgan fingerprint density at radius 1 is 1.47 bits per heavy atom. The van der Waals surface area contributed by atoms with Crippen molar-refractivity contribution in [3.63, 3.8) is 0 Å². The number of methoxy groups -OCH3 is 1. The van der Waals surface area contributed by atoms with Crippen LogP contribution in [0.4, 0.5) is 0 Å². The summed E-state index contributed by atoms with van der Waals surface area (Å²) in [4.78, 5) is 11.2. The summed E-state index contributed by atoms with van der Waals surface area (Å²) in [5, 5.41) is 8.62. The van der Waals surface area contributed by atoms with Crippen LogP contribution in [0.15, 0.2) is 23.1 Å². The molecule has 0 bridgehead atoms. The van der Waals surface area contributed by atoms with Crippen LogP contribution in [-0.4, -0.2) is 39.8 Å². The van der Waals surface area contributed by atoms with Crippen molar-refractivity contribution in [3.8, 4) is 0 Å². The standard InChI is InChI=1S/C11H14ClNO5S/c1-18-11(15)8-3-4-9(12)10(7-8)19(16,17)13-5-2-6-14/h3-4,7,13-14H,2,5-6H2,1H3. The summed E-state index contributed by atoms with van der Waals surface area (Å²) in [6.45, 7) is -0.0456. The Morgan fingerprint density at radius 3 is 2.74 bits per heavy atom. The first-order valence-corrected chi connectivity index (χ1v) is 7.27. The topological polar surface area (TPSA) is 92.7 Å². The summed E-state index contributed by atoms with van der Waals surface area (Å²) in [7, 11) is -2.63. The van der Waals surface area contributed by atoms with E-state index in [1.807, 2.05) is 0 Å². The maximum atomic E-state index is 12.0. The average molecular weight is 308 g/mol. The van der Waals surface area contributed by atoms with Gasteiger partial charge in [-0.25, -0.2) is 17.9 Å². The number of esters is 1. The third-order valence-electron chi connectivity index (χ3n) is 2.27. The Kier molecular flexibility index (Phi) is 5.74. The molecule has 0 saturated carbocycles. The summed E-state index contributed by atoms with van der Waals surface area (Å²) >= 11 is 5.82. The number of carbonyl (C=O) groups excluding carboxylic acids is 1. The molecule has 0 aliphatic carbocycles. The van der Waals surface area contributed by atoms with Gasteiger partial charge in [-0.05, 0) is 24.6 Å². The van der Waals surface area contributed by atoms with Gasteiger partial charge >= 0.3 is 5.97 Å². The Balaban J connectivity index is 3.07. The molecule has 0 spiro atoms. The van der Waals surface area contributed by atoms with Crippen LogP contribution in [0.25, 0.3) is 0 Å². The van der Waals surface area contributed by atoms with E-state index in [-0.39, 0.29) is 35.1 Å². The molecule has 0 saturated heterocycles. The minimum atomic E-state index is -3.83. The molecule has 0 aliphatic rings. The number of nitrogens with one attached hydrogen (secondary N) is 1. The number of halogens is 1. The second-order valence-corrected chi connectivity index (χ2v) is 5.75. The molecule has 0 heterocycles. The maximum Gasteiger partial charge on any atom is 0.337 e. The van der Waals surface area contributed by atoms with Crippen LogP contribution in [-0.2, 0) is 14.8 Å². The molecule has 0 radical (unpaired) electrons. The van der Waals surface area contributed by atoms with Gasteiger partial charge in [0.05, 0.1) is 17.7 Å². The van der Waals surface area contributed by atoms with Crippen molar-refractivity contribution >= 4 is 27.6 Å². The molecule has 6 nitrogen and oxygen atoms in total. The Labute approximate surface area is 116 Å². The van der Waals surface area contributed by atoms with Crippen LogP contribution >= 0.6 is 11.6 Å². The minimum absolute atomic E-state index is 0.00384. The molecule has 1 aromatic rings. The molecule has 1 rings (SSSR count). The fraction of sp³-hybridized carbons (Fsp3) is 0.364. The monoisotopic (exact) mass is 307 g/mol. The predicted octanol–water partition coefficient (Wildman–Crippen LogP) is 0.787. The van der Waals surface area contributed by atoms with Gasteiger partial charge in [0, 0.05) is 13.2 Å². The van der Waals surface area contributed by atoms with Gasteiger partial charge in [0.25, 0.3) is 0 Å². The molecule has 0 amide bonds. The smallest absolute Gasteiger partial charge is 0.337 e. The zero-order valence-electron chi connectivity index (χ0n) is 10.2. The van der Waals surface area contributed by atoms with Crippen LogP contribution in [0.1, 0.15) is 16.8 Å². The highest BCUT2D eigenvalue weighted by molar-refractivity contribution is 7.89. The third kappa shape index (κ3) is 4.17. The summed E-state index contributed by atoms with van der Waals surface area (Å²) in [5.41, 5.74) is 0.0921. The molecular formula is C11H14ClNO5S. The van der Waals surface area contributed by atoms with Gasteiger partial charge in [-0.15, -0.1) is 0 Å². The largest absolute Gasteiger partial charge is 0.465 e. The van der Waals surface area contributed by atoms with Crippen LogP contribution in [0.5, 0.6) is 0 Å². The van der Waals surface area contributed by atoms with E-state index in [0.29, 0.717) is 0 Å². The number of hydrogen-bond acceptors (Lipinski definition) is 5. The van der Waals surface area contributed by atoms with Gasteiger partial charge in [-0.2, -0.15) is 0 Å². The number of aliphatic hydroxyl groups is 1. The van der Waals surface area contributed by atoms with Gasteiger partial charge < -0.3 is 9.84 Å². The first-order valence-electron chi connectivity index (χ1n) is 5.40. The van der Waals surface area contributed by atoms with E-state index < -0.39 is 16.0 Å². The number of aliphatic hydroxyl groups excluding tert-OH is 1. The lowest BCUT2D eigenvalue weighted by Crippen LogP contribution is -2.26. The summed E-state index contributed by atoms with van der Waals surface area (Å²) in [6.07, 6.45) is 0.285. The van der Waals surface area contributed by atoms with Crippen molar-refractivity contribution in [3.05, 3.63) is 28.8 Å². The van der Waals surface area contributed by atoms with Crippen LogP contribution in [0.3, 0.4) is 0 Å². The number of carbonyl (C=O) groups is 1. The number of hydrogen-bond donors (Lipinski definition) is 2. The number of benzene rings is 1. The quantitative estimate of drug-likeness (QED) is 0.598. The fourth-order valence-electron chi connectivity index (χ4n) is 1.32. The first kappa shape index (κ1) is 15.9. The van der Waals surface area contributed by atoms with E-state index in [0.717, 1.165) is 6.07 Å². The first-order chi connectivity index (χ1) is 8.92. The lowest BCUT2D eigenvalue weighted by Gasteiger charge is -2.09. The van der Waals surface area contributed by atoms with Gasteiger partial charge in [0.2, 0.25) is 10.0 Å². The molecule has 0 aromatic heterocycles. The minimum Gasteiger partial charge on any atom is -0.465 e. The van der Waals surface area contributed by atoms with Gasteiger partial charge in [-0.1, -0.05) is 11.6 Å².